The summed E-state index contributed by atoms with van der Waals surface area (Å²) in [4.78, 5) is 20.0. The number of aromatic amines is 1. The van der Waals surface area contributed by atoms with E-state index in [1.807, 2.05) is 0 Å². The predicted molar refractivity (Wildman–Crippen MR) is 56.7 cm³/mol. The second kappa shape index (κ2) is 3.23. The summed E-state index contributed by atoms with van der Waals surface area (Å²) >= 11 is 0. The van der Waals surface area contributed by atoms with E-state index >= 15 is 0 Å². The molecule has 0 bridgehead atoms. The van der Waals surface area contributed by atoms with Crippen molar-refractivity contribution < 1.29 is 0 Å². The van der Waals surface area contributed by atoms with E-state index in [4.69, 9.17) is 5.73 Å². The van der Waals surface area contributed by atoms with Crippen molar-refractivity contribution in [3.8, 4) is 0 Å². The SMILES string of the molecule is C=CCc1c(C)nc2nc(N)[nH]n2c1=O. The minimum atomic E-state index is -0.179. The van der Waals surface area contributed by atoms with Crippen LogP contribution in [-0.4, -0.2) is 19.6 Å². The number of nitrogens with two attached hydrogens (primary N) is 1. The van der Waals surface area contributed by atoms with E-state index in [1.165, 1.54) is 4.52 Å². The van der Waals surface area contributed by atoms with E-state index in [1.54, 1.807) is 13.0 Å². The standard InChI is InChI=1S/C9H11N5O/c1-3-4-6-5(2)11-9-12-8(10)13-14(9)7(6)15/h3H,1,4H2,2H3,(H3,10,11,12,13). The molecule has 3 N–H and O–H groups in total. The van der Waals surface area contributed by atoms with E-state index < -0.39 is 0 Å². The highest BCUT2D eigenvalue weighted by atomic mass is 16.1. The monoisotopic (exact) mass is 205 g/mol. The van der Waals surface area contributed by atoms with Crippen LogP contribution < -0.4 is 11.3 Å². The summed E-state index contributed by atoms with van der Waals surface area (Å²) in [6.45, 7) is 5.37. The van der Waals surface area contributed by atoms with Crippen LogP contribution in [0.1, 0.15) is 11.3 Å². The number of anilines is 1. The summed E-state index contributed by atoms with van der Waals surface area (Å²) in [6.07, 6.45) is 2.15. The fourth-order valence-corrected chi connectivity index (χ4v) is 1.45. The number of nitrogens with one attached hydrogen (secondary N) is 1. The van der Waals surface area contributed by atoms with Crippen LogP contribution in [0.2, 0.25) is 0 Å². The molecule has 2 rings (SSSR count). The molecule has 2 aromatic rings. The molecule has 0 fully saturated rings. The summed E-state index contributed by atoms with van der Waals surface area (Å²) in [7, 11) is 0. The average Bonchev–Trinajstić information content (AvgIpc) is 2.53. The second-order valence-electron chi connectivity index (χ2n) is 3.22. The number of H-pyrrole nitrogens is 1. The van der Waals surface area contributed by atoms with Gasteiger partial charge in [-0.15, -0.1) is 6.58 Å². The smallest absolute Gasteiger partial charge is 0.277 e. The van der Waals surface area contributed by atoms with E-state index in [0.717, 1.165) is 0 Å². The quantitative estimate of drug-likeness (QED) is 0.677. The van der Waals surface area contributed by atoms with Gasteiger partial charge in [0.05, 0.1) is 5.69 Å². The first-order chi connectivity index (χ1) is 7.13. The zero-order valence-electron chi connectivity index (χ0n) is 8.32. The molecule has 0 amide bonds. The first-order valence-corrected chi connectivity index (χ1v) is 4.48. The molecule has 0 aliphatic rings. The van der Waals surface area contributed by atoms with Crippen molar-refractivity contribution in [3.05, 3.63) is 34.3 Å². The lowest BCUT2D eigenvalue weighted by molar-refractivity contribution is 0.865. The van der Waals surface area contributed by atoms with Crippen LogP contribution in [0.15, 0.2) is 17.4 Å². The third-order valence-corrected chi connectivity index (χ3v) is 2.16. The lowest BCUT2D eigenvalue weighted by Crippen LogP contribution is -2.21. The van der Waals surface area contributed by atoms with Gasteiger partial charge >= 0.3 is 0 Å². The minimum Gasteiger partial charge on any atom is -0.368 e. The molecule has 0 unspecified atom stereocenters. The van der Waals surface area contributed by atoms with Gasteiger partial charge in [-0.05, 0) is 13.3 Å². The van der Waals surface area contributed by atoms with Crippen LogP contribution in [0.5, 0.6) is 0 Å². The molecule has 0 aromatic carbocycles. The highest BCUT2D eigenvalue weighted by molar-refractivity contribution is 5.36. The van der Waals surface area contributed by atoms with Gasteiger partial charge in [-0.2, -0.15) is 9.50 Å². The van der Waals surface area contributed by atoms with E-state index in [9.17, 15) is 4.79 Å². The Balaban J connectivity index is 2.83. The van der Waals surface area contributed by atoms with Gasteiger partial charge in [-0.3, -0.25) is 9.89 Å². The summed E-state index contributed by atoms with van der Waals surface area (Å²) in [5, 5.41) is 2.63. The number of fused-ring (bicyclic) bond motifs is 1. The van der Waals surface area contributed by atoms with Crippen LogP contribution in [0.4, 0.5) is 5.95 Å². The van der Waals surface area contributed by atoms with Crippen LogP contribution in [0.3, 0.4) is 0 Å². The average molecular weight is 205 g/mol. The van der Waals surface area contributed by atoms with Crippen molar-refractivity contribution in [1.29, 1.82) is 0 Å². The molecule has 0 saturated heterocycles. The largest absolute Gasteiger partial charge is 0.368 e. The molecule has 0 saturated carbocycles. The van der Waals surface area contributed by atoms with Gasteiger partial charge in [-0.1, -0.05) is 6.08 Å². The van der Waals surface area contributed by atoms with Gasteiger partial charge in [-0.25, -0.2) is 4.98 Å². The number of hydrogen-bond donors (Lipinski definition) is 2. The van der Waals surface area contributed by atoms with Gasteiger partial charge in [0.2, 0.25) is 5.95 Å². The van der Waals surface area contributed by atoms with Gasteiger partial charge in [0.25, 0.3) is 11.3 Å². The van der Waals surface area contributed by atoms with Gasteiger partial charge < -0.3 is 5.73 Å². The normalized spacial score (nSPS) is 10.7. The van der Waals surface area contributed by atoms with Crippen molar-refractivity contribution in [2.45, 2.75) is 13.3 Å². The van der Waals surface area contributed by atoms with Gasteiger partial charge in [0.15, 0.2) is 0 Å². The Bertz CT molecular complexity index is 580. The van der Waals surface area contributed by atoms with E-state index in [-0.39, 0.29) is 11.5 Å². The first kappa shape index (κ1) is 9.45. The van der Waals surface area contributed by atoms with Crippen molar-refractivity contribution in [2.75, 3.05) is 5.73 Å². The number of aromatic nitrogens is 4. The van der Waals surface area contributed by atoms with Crippen molar-refractivity contribution in [3.63, 3.8) is 0 Å². The first-order valence-electron chi connectivity index (χ1n) is 4.48. The maximum absolute atomic E-state index is 11.9. The zero-order valence-corrected chi connectivity index (χ0v) is 8.32. The Hall–Kier alpha value is -2.11. The molecule has 2 aromatic heterocycles. The lowest BCUT2D eigenvalue weighted by atomic mass is 10.2. The Morgan fingerprint density at radius 2 is 2.33 bits per heavy atom. The van der Waals surface area contributed by atoms with Crippen LogP contribution in [-0.2, 0) is 6.42 Å². The molecular weight excluding hydrogens is 194 g/mol. The summed E-state index contributed by atoms with van der Waals surface area (Å²) < 4.78 is 1.24. The number of nitrogens with zero attached hydrogens (tertiary/aromatic N) is 3. The summed E-state index contributed by atoms with van der Waals surface area (Å²) in [5.41, 5.74) is 6.53. The molecule has 2 heterocycles. The maximum atomic E-state index is 11.9. The van der Waals surface area contributed by atoms with Crippen LogP contribution in [0.25, 0.3) is 5.78 Å². The Morgan fingerprint density at radius 1 is 1.60 bits per heavy atom. The van der Waals surface area contributed by atoms with E-state index in [0.29, 0.717) is 23.5 Å². The predicted octanol–water partition coefficient (Wildman–Crippen LogP) is 0.0367. The molecule has 0 aliphatic heterocycles. The zero-order chi connectivity index (χ0) is 11.0. The maximum Gasteiger partial charge on any atom is 0.277 e. The number of rotatable bonds is 2. The molecular formula is C9H11N5O. The molecule has 6 nitrogen and oxygen atoms in total. The summed E-state index contributed by atoms with van der Waals surface area (Å²) in [6, 6.07) is 0. The molecule has 6 heteroatoms. The van der Waals surface area contributed by atoms with Crippen LogP contribution in [0, 0.1) is 6.92 Å². The number of allylic oxidation sites excluding steroid dienone is 1. The van der Waals surface area contributed by atoms with Crippen molar-refractivity contribution in [1.82, 2.24) is 19.6 Å². The highest BCUT2D eigenvalue weighted by Gasteiger charge is 2.10. The van der Waals surface area contributed by atoms with Crippen molar-refractivity contribution >= 4 is 11.7 Å². The van der Waals surface area contributed by atoms with Crippen molar-refractivity contribution in [2.24, 2.45) is 0 Å². The number of nitrogen functional groups attached to an aromatic ring is 1. The molecule has 0 atom stereocenters. The van der Waals surface area contributed by atoms with Gasteiger partial charge in [0.1, 0.15) is 0 Å². The molecule has 0 radical (unpaired) electrons. The Morgan fingerprint density at radius 3 is 3.00 bits per heavy atom. The fourth-order valence-electron chi connectivity index (χ4n) is 1.45. The molecule has 78 valence electrons. The highest BCUT2D eigenvalue weighted by Crippen LogP contribution is 2.03. The third-order valence-electron chi connectivity index (χ3n) is 2.16. The summed E-state index contributed by atoms with van der Waals surface area (Å²) in [5.74, 6) is 0.470. The second-order valence-corrected chi connectivity index (χ2v) is 3.22. The lowest BCUT2D eigenvalue weighted by Gasteiger charge is -2.00. The number of aryl methyl sites for hydroxylation is 1. The Kier molecular flexibility index (Phi) is 2.03. The molecule has 15 heavy (non-hydrogen) atoms. The molecule has 0 spiro atoms. The minimum absolute atomic E-state index is 0.176. The fraction of sp³-hybridized carbons (Fsp3) is 0.222. The third kappa shape index (κ3) is 1.39. The Labute approximate surface area is 85.4 Å². The van der Waals surface area contributed by atoms with Gasteiger partial charge in [0, 0.05) is 5.56 Å². The topological polar surface area (TPSA) is 89.1 Å². The molecule has 0 aliphatic carbocycles. The van der Waals surface area contributed by atoms with Crippen LogP contribution >= 0.6 is 0 Å². The number of hydrogen-bond acceptors (Lipinski definition) is 4. The van der Waals surface area contributed by atoms with E-state index in [2.05, 4.69) is 21.6 Å².